The molecular formula is C14H25N3. The number of imidazole rings is 1. The Morgan fingerprint density at radius 1 is 1.47 bits per heavy atom. The molecule has 1 aromatic heterocycles. The maximum Gasteiger partial charge on any atom is 0.0951 e. The van der Waals surface area contributed by atoms with E-state index in [0.29, 0.717) is 6.04 Å². The number of rotatable bonds is 5. The summed E-state index contributed by atoms with van der Waals surface area (Å²) in [5, 5.41) is 3.47. The number of nitrogens with zero attached hydrogens (tertiary/aromatic N) is 2. The third kappa shape index (κ3) is 3.32. The summed E-state index contributed by atoms with van der Waals surface area (Å²) < 4.78 is 2.40. The van der Waals surface area contributed by atoms with E-state index in [2.05, 4.69) is 28.7 Å². The quantitative estimate of drug-likeness (QED) is 0.795. The van der Waals surface area contributed by atoms with Gasteiger partial charge in [0.05, 0.1) is 12.0 Å². The smallest absolute Gasteiger partial charge is 0.0951 e. The predicted octanol–water partition coefficient (Wildman–Crippen LogP) is 3.13. The second-order valence-corrected chi connectivity index (χ2v) is 5.39. The van der Waals surface area contributed by atoms with Crippen LogP contribution in [-0.4, -0.2) is 16.1 Å². The lowest BCUT2D eigenvalue weighted by Gasteiger charge is -2.29. The summed E-state index contributed by atoms with van der Waals surface area (Å²) in [7, 11) is 0. The molecule has 3 heteroatoms. The van der Waals surface area contributed by atoms with Gasteiger partial charge in [0, 0.05) is 18.8 Å². The number of aromatic nitrogens is 2. The fraction of sp³-hybridized carbons (Fsp3) is 0.786. The van der Waals surface area contributed by atoms with Crippen molar-refractivity contribution in [3.05, 3.63) is 18.2 Å². The standard InChI is InChI=1S/C14H25N3/c1-3-7-15-9-14-10-16-11-17(14)13-6-4-5-12(2)8-13/h10-13,15H,3-9H2,1-2H3. The molecule has 1 heterocycles. The van der Waals surface area contributed by atoms with Gasteiger partial charge < -0.3 is 9.88 Å². The average molecular weight is 235 g/mol. The van der Waals surface area contributed by atoms with Gasteiger partial charge in [-0.15, -0.1) is 0 Å². The molecule has 0 spiro atoms. The van der Waals surface area contributed by atoms with Crippen LogP contribution in [0.2, 0.25) is 0 Å². The van der Waals surface area contributed by atoms with E-state index in [-0.39, 0.29) is 0 Å². The van der Waals surface area contributed by atoms with Crippen LogP contribution in [0.4, 0.5) is 0 Å². The molecule has 1 aliphatic rings. The molecule has 3 nitrogen and oxygen atoms in total. The molecule has 0 saturated heterocycles. The third-order valence-corrected chi connectivity index (χ3v) is 3.78. The topological polar surface area (TPSA) is 29.9 Å². The van der Waals surface area contributed by atoms with Gasteiger partial charge in [0.15, 0.2) is 0 Å². The number of nitrogens with one attached hydrogen (secondary N) is 1. The van der Waals surface area contributed by atoms with E-state index in [1.807, 2.05) is 12.5 Å². The van der Waals surface area contributed by atoms with Gasteiger partial charge in [0.2, 0.25) is 0 Å². The van der Waals surface area contributed by atoms with Gasteiger partial charge in [0.1, 0.15) is 0 Å². The first-order valence-electron chi connectivity index (χ1n) is 7.02. The van der Waals surface area contributed by atoms with Crippen molar-refractivity contribution in [3.63, 3.8) is 0 Å². The van der Waals surface area contributed by atoms with Crippen molar-refractivity contribution in [3.8, 4) is 0 Å². The molecule has 96 valence electrons. The van der Waals surface area contributed by atoms with E-state index in [9.17, 15) is 0 Å². The Hall–Kier alpha value is -0.830. The molecule has 1 fully saturated rings. The van der Waals surface area contributed by atoms with Crippen molar-refractivity contribution in [1.82, 2.24) is 14.9 Å². The molecule has 17 heavy (non-hydrogen) atoms. The SMILES string of the molecule is CCCNCc1cncn1C1CCCC(C)C1. The monoisotopic (exact) mass is 235 g/mol. The van der Waals surface area contributed by atoms with Crippen LogP contribution < -0.4 is 5.32 Å². The summed E-state index contributed by atoms with van der Waals surface area (Å²) >= 11 is 0. The minimum Gasteiger partial charge on any atom is -0.330 e. The van der Waals surface area contributed by atoms with E-state index in [0.717, 1.165) is 19.0 Å². The first-order valence-corrected chi connectivity index (χ1v) is 7.02. The molecule has 1 aromatic rings. The van der Waals surface area contributed by atoms with Crippen molar-refractivity contribution >= 4 is 0 Å². The van der Waals surface area contributed by atoms with Crippen LogP contribution in [0.3, 0.4) is 0 Å². The van der Waals surface area contributed by atoms with E-state index < -0.39 is 0 Å². The highest BCUT2D eigenvalue weighted by Crippen LogP contribution is 2.32. The average Bonchev–Trinajstić information content (AvgIpc) is 2.78. The van der Waals surface area contributed by atoms with Gasteiger partial charge in [-0.2, -0.15) is 0 Å². The largest absolute Gasteiger partial charge is 0.330 e. The van der Waals surface area contributed by atoms with Gasteiger partial charge >= 0.3 is 0 Å². The minimum absolute atomic E-state index is 0.680. The summed E-state index contributed by atoms with van der Waals surface area (Å²) in [5.74, 6) is 0.868. The van der Waals surface area contributed by atoms with E-state index >= 15 is 0 Å². The van der Waals surface area contributed by atoms with Crippen molar-refractivity contribution in [1.29, 1.82) is 0 Å². The Balaban J connectivity index is 1.97. The molecule has 2 unspecified atom stereocenters. The van der Waals surface area contributed by atoms with E-state index in [1.165, 1.54) is 37.8 Å². The zero-order valence-corrected chi connectivity index (χ0v) is 11.2. The molecule has 2 rings (SSSR count). The molecule has 0 radical (unpaired) electrons. The van der Waals surface area contributed by atoms with Crippen LogP contribution in [0.25, 0.3) is 0 Å². The van der Waals surface area contributed by atoms with Crippen LogP contribution in [0.1, 0.15) is 57.7 Å². The maximum atomic E-state index is 4.32. The zero-order chi connectivity index (χ0) is 12.1. The molecule has 0 aliphatic heterocycles. The van der Waals surface area contributed by atoms with Crippen molar-refractivity contribution in [2.24, 2.45) is 5.92 Å². The van der Waals surface area contributed by atoms with Crippen LogP contribution in [0.5, 0.6) is 0 Å². The van der Waals surface area contributed by atoms with Crippen molar-refractivity contribution in [2.45, 2.75) is 58.5 Å². The molecule has 2 atom stereocenters. The second-order valence-electron chi connectivity index (χ2n) is 5.39. The number of hydrogen-bond donors (Lipinski definition) is 1. The van der Waals surface area contributed by atoms with Gasteiger partial charge in [-0.1, -0.05) is 26.7 Å². The Bertz CT molecular complexity index is 332. The van der Waals surface area contributed by atoms with Gasteiger partial charge in [0.25, 0.3) is 0 Å². The highest BCUT2D eigenvalue weighted by Gasteiger charge is 2.21. The lowest BCUT2D eigenvalue weighted by Crippen LogP contribution is -2.22. The second kappa shape index (κ2) is 6.20. The summed E-state index contributed by atoms with van der Waals surface area (Å²) in [4.78, 5) is 4.32. The third-order valence-electron chi connectivity index (χ3n) is 3.78. The predicted molar refractivity (Wildman–Crippen MR) is 70.9 cm³/mol. The number of hydrogen-bond acceptors (Lipinski definition) is 2. The molecule has 0 amide bonds. The molecule has 1 saturated carbocycles. The lowest BCUT2D eigenvalue weighted by molar-refractivity contribution is 0.277. The molecule has 1 aliphatic carbocycles. The van der Waals surface area contributed by atoms with E-state index in [4.69, 9.17) is 0 Å². The first-order chi connectivity index (χ1) is 8.31. The van der Waals surface area contributed by atoms with Crippen molar-refractivity contribution in [2.75, 3.05) is 6.54 Å². The zero-order valence-electron chi connectivity index (χ0n) is 11.2. The van der Waals surface area contributed by atoms with E-state index in [1.54, 1.807) is 0 Å². The normalized spacial score (nSPS) is 25.1. The fourth-order valence-corrected chi connectivity index (χ4v) is 2.85. The minimum atomic E-state index is 0.680. The van der Waals surface area contributed by atoms with Gasteiger partial charge in [-0.3, -0.25) is 0 Å². The Kier molecular flexibility index (Phi) is 4.60. The van der Waals surface area contributed by atoms with Gasteiger partial charge in [-0.05, 0) is 31.7 Å². The molecule has 1 N–H and O–H groups in total. The highest BCUT2D eigenvalue weighted by molar-refractivity contribution is 5.01. The lowest BCUT2D eigenvalue weighted by atomic mass is 9.87. The first kappa shape index (κ1) is 12.6. The van der Waals surface area contributed by atoms with Crippen LogP contribution in [0, 0.1) is 5.92 Å². The molecular weight excluding hydrogens is 210 g/mol. The van der Waals surface area contributed by atoms with Gasteiger partial charge in [-0.25, -0.2) is 4.98 Å². The highest BCUT2D eigenvalue weighted by atomic mass is 15.1. The summed E-state index contributed by atoms with van der Waals surface area (Å²) in [5.41, 5.74) is 1.34. The summed E-state index contributed by atoms with van der Waals surface area (Å²) in [6.45, 7) is 6.62. The Labute approximate surface area is 105 Å². The summed E-state index contributed by atoms with van der Waals surface area (Å²) in [6, 6.07) is 0.680. The van der Waals surface area contributed by atoms with Crippen LogP contribution in [-0.2, 0) is 6.54 Å². The van der Waals surface area contributed by atoms with Crippen molar-refractivity contribution < 1.29 is 0 Å². The summed E-state index contributed by atoms with van der Waals surface area (Å²) in [6.07, 6.45) is 10.6. The van der Waals surface area contributed by atoms with Crippen LogP contribution in [0.15, 0.2) is 12.5 Å². The Morgan fingerprint density at radius 3 is 3.12 bits per heavy atom. The molecule has 0 aromatic carbocycles. The van der Waals surface area contributed by atoms with Crippen LogP contribution >= 0.6 is 0 Å². The molecule has 0 bridgehead atoms. The maximum absolute atomic E-state index is 4.32. The fourth-order valence-electron chi connectivity index (χ4n) is 2.85. The Morgan fingerprint density at radius 2 is 2.35 bits per heavy atom.